The van der Waals surface area contributed by atoms with Gasteiger partial charge in [0, 0.05) is 12.5 Å². The maximum absolute atomic E-state index is 2.38. The maximum atomic E-state index is 2.38. The molecule has 0 saturated heterocycles. The summed E-state index contributed by atoms with van der Waals surface area (Å²) in [6.07, 6.45) is 0. The summed E-state index contributed by atoms with van der Waals surface area (Å²) >= 11 is 0. The quantitative estimate of drug-likeness (QED) is 0.406. The molecule has 0 saturated carbocycles. The maximum Gasteiger partial charge on any atom is 0.220 e. The molecule has 1 heteroatoms. The van der Waals surface area contributed by atoms with Gasteiger partial charge in [-0.05, 0) is 80.8 Å². The van der Waals surface area contributed by atoms with E-state index in [0.29, 0.717) is 0 Å². The average Bonchev–Trinajstić information content (AvgIpc) is 2.52. The topological polar surface area (TPSA) is 3.88 Å². The van der Waals surface area contributed by atoms with Crippen molar-refractivity contribution in [2.45, 2.75) is 48.5 Å². The predicted octanol–water partition coefficient (Wildman–Crippen LogP) is 4.98. The number of aryl methyl sites for hydroxylation is 4. The van der Waals surface area contributed by atoms with Crippen molar-refractivity contribution >= 4 is 21.7 Å². The smallest absolute Gasteiger partial charge is 0.198 e. The third kappa shape index (κ3) is 1.75. The lowest BCUT2D eigenvalue weighted by Crippen LogP contribution is -2.34. The molecule has 0 N–H and O–H groups in total. The molecule has 0 aliphatic rings. The Bertz CT molecular complexity index is 867. The van der Waals surface area contributed by atoms with Gasteiger partial charge in [-0.2, -0.15) is 4.57 Å². The van der Waals surface area contributed by atoms with E-state index < -0.39 is 0 Å². The monoisotopic (exact) mass is 292 g/mol. The van der Waals surface area contributed by atoms with E-state index >= 15 is 0 Å². The zero-order valence-electron chi connectivity index (χ0n) is 15.1. The van der Waals surface area contributed by atoms with Crippen molar-refractivity contribution in [3.8, 4) is 0 Å². The molecule has 1 heterocycles. The van der Waals surface area contributed by atoms with E-state index in [4.69, 9.17) is 0 Å². The molecule has 0 aliphatic carbocycles. The van der Waals surface area contributed by atoms with Gasteiger partial charge in [-0.25, -0.2) is 0 Å². The second kappa shape index (κ2) is 4.81. The molecular formula is C21H26N+. The Morgan fingerprint density at radius 1 is 0.591 bits per heavy atom. The Morgan fingerprint density at radius 3 is 1.73 bits per heavy atom. The fourth-order valence-corrected chi connectivity index (χ4v) is 3.78. The molecule has 0 fully saturated rings. The molecule has 3 aromatic rings. The first-order valence-electron chi connectivity index (χ1n) is 8.06. The van der Waals surface area contributed by atoms with Crippen molar-refractivity contribution in [2.24, 2.45) is 7.05 Å². The third-order valence-electron chi connectivity index (χ3n) is 5.99. The van der Waals surface area contributed by atoms with Gasteiger partial charge in [-0.1, -0.05) is 6.07 Å². The van der Waals surface area contributed by atoms with E-state index in [2.05, 4.69) is 72.2 Å². The van der Waals surface area contributed by atoms with Crippen molar-refractivity contribution in [1.82, 2.24) is 0 Å². The Balaban J connectivity index is 2.74. The van der Waals surface area contributed by atoms with Crippen molar-refractivity contribution in [1.29, 1.82) is 0 Å². The standard InChI is InChI=1S/C21H26N/c1-11-12(2)16(6)20-18(14(11)4)9-10-19-15(5)13(3)17(7)22(8)21(19)20/h9-10H,1-8H3/q+1. The van der Waals surface area contributed by atoms with Crippen LogP contribution in [0.25, 0.3) is 21.7 Å². The van der Waals surface area contributed by atoms with Crippen molar-refractivity contribution in [3.05, 3.63) is 51.2 Å². The van der Waals surface area contributed by atoms with Gasteiger partial charge in [0.25, 0.3) is 0 Å². The number of rotatable bonds is 0. The molecular weight excluding hydrogens is 266 g/mol. The molecule has 2 aromatic carbocycles. The van der Waals surface area contributed by atoms with Gasteiger partial charge in [0.15, 0.2) is 5.69 Å². The Morgan fingerprint density at radius 2 is 1.09 bits per heavy atom. The minimum atomic E-state index is 1.35. The number of nitrogens with zero attached hydrogens (tertiary/aromatic N) is 1. The minimum Gasteiger partial charge on any atom is -0.198 e. The lowest BCUT2D eigenvalue weighted by Gasteiger charge is -2.16. The van der Waals surface area contributed by atoms with E-state index in [1.54, 1.807) is 0 Å². The number of pyridine rings is 1. The molecule has 0 aliphatic heterocycles. The fraction of sp³-hybridized carbons (Fsp3) is 0.381. The number of hydrogen-bond donors (Lipinski definition) is 0. The van der Waals surface area contributed by atoms with E-state index in [-0.39, 0.29) is 0 Å². The highest BCUT2D eigenvalue weighted by atomic mass is 14.9. The molecule has 22 heavy (non-hydrogen) atoms. The normalized spacial score (nSPS) is 11.6. The average molecular weight is 292 g/mol. The number of benzene rings is 2. The second-order valence-electron chi connectivity index (χ2n) is 6.78. The lowest BCUT2D eigenvalue weighted by atomic mass is 9.89. The van der Waals surface area contributed by atoms with Crippen molar-refractivity contribution < 1.29 is 4.57 Å². The summed E-state index contributed by atoms with van der Waals surface area (Å²) in [5.74, 6) is 0. The minimum absolute atomic E-state index is 1.35. The highest BCUT2D eigenvalue weighted by molar-refractivity contribution is 6.08. The summed E-state index contributed by atoms with van der Waals surface area (Å²) < 4.78 is 2.38. The molecule has 0 radical (unpaired) electrons. The zero-order chi connectivity index (χ0) is 16.3. The highest BCUT2D eigenvalue weighted by Gasteiger charge is 2.21. The fourth-order valence-electron chi connectivity index (χ4n) is 3.78. The van der Waals surface area contributed by atoms with Crippen molar-refractivity contribution in [2.75, 3.05) is 0 Å². The summed E-state index contributed by atoms with van der Waals surface area (Å²) in [6, 6.07) is 4.62. The summed E-state index contributed by atoms with van der Waals surface area (Å²) in [4.78, 5) is 0. The molecule has 1 aromatic heterocycles. The summed E-state index contributed by atoms with van der Waals surface area (Å²) in [5, 5.41) is 4.20. The first kappa shape index (κ1) is 15.0. The van der Waals surface area contributed by atoms with E-state index in [1.165, 1.54) is 60.8 Å². The van der Waals surface area contributed by atoms with E-state index in [9.17, 15) is 0 Å². The molecule has 0 spiro atoms. The SMILES string of the molecule is Cc1c(C)c(C)c2c(ccc3c(C)c(C)c(C)[n+](C)c32)c1C. The van der Waals surface area contributed by atoms with Crippen LogP contribution in [-0.2, 0) is 7.05 Å². The Labute approximate surface area is 133 Å². The molecule has 0 atom stereocenters. The second-order valence-corrected chi connectivity index (χ2v) is 6.78. The van der Waals surface area contributed by atoms with Crippen LogP contribution in [0.2, 0.25) is 0 Å². The van der Waals surface area contributed by atoms with Crippen LogP contribution in [0.3, 0.4) is 0 Å². The van der Waals surface area contributed by atoms with Crippen molar-refractivity contribution in [3.63, 3.8) is 0 Å². The van der Waals surface area contributed by atoms with Crippen LogP contribution in [0.4, 0.5) is 0 Å². The first-order chi connectivity index (χ1) is 10.3. The van der Waals surface area contributed by atoms with E-state index in [0.717, 1.165) is 0 Å². The predicted molar refractivity (Wildman–Crippen MR) is 95.8 cm³/mol. The molecule has 0 bridgehead atoms. The van der Waals surface area contributed by atoms with E-state index in [1.807, 2.05) is 0 Å². The Hall–Kier alpha value is -1.89. The van der Waals surface area contributed by atoms with Gasteiger partial charge >= 0.3 is 0 Å². The van der Waals surface area contributed by atoms with Crippen LogP contribution in [0.15, 0.2) is 12.1 Å². The summed E-state index contributed by atoms with van der Waals surface area (Å²) in [7, 11) is 2.20. The van der Waals surface area contributed by atoms with Gasteiger partial charge in [0.05, 0.1) is 10.8 Å². The van der Waals surface area contributed by atoms with Crippen LogP contribution in [0, 0.1) is 48.5 Å². The van der Waals surface area contributed by atoms with Gasteiger partial charge in [0.1, 0.15) is 7.05 Å². The summed E-state index contributed by atoms with van der Waals surface area (Å²) in [6.45, 7) is 15.7. The molecule has 3 rings (SSSR count). The molecule has 0 amide bonds. The van der Waals surface area contributed by atoms with Gasteiger partial charge in [-0.3, -0.25) is 0 Å². The number of aromatic nitrogens is 1. The number of fused-ring (bicyclic) bond motifs is 3. The van der Waals surface area contributed by atoms with Gasteiger partial charge < -0.3 is 0 Å². The lowest BCUT2D eigenvalue weighted by molar-refractivity contribution is -0.650. The first-order valence-corrected chi connectivity index (χ1v) is 8.06. The van der Waals surface area contributed by atoms with Gasteiger partial charge in [0.2, 0.25) is 5.52 Å². The number of hydrogen-bond acceptors (Lipinski definition) is 0. The van der Waals surface area contributed by atoms with Crippen LogP contribution >= 0.6 is 0 Å². The van der Waals surface area contributed by atoms with Crippen LogP contribution < -0.4 is 4.57 Å². The van der Waals surface area contributed by atoms with Gasteiger partial charge in [-0.15, -0.1) is 0 Å². The molecule has 0 unspecified atom stereocenters. The molecule has 1 nitrogen and oxygen atoms in total. The van der Waals surface area contributed by atoms with Crippen LogP contribution in [-0.4, -0.2) is 0 Å². The highest BCUT2D eigenvalue weighted by Crippen LogP contribution is 2.34. The zero-order valence-corrected chi connectivity index (χ0v) is 15.1. The van der Waals surface area contributed by atoms with Crippen LogP contribution in [0.5, 0.6) is 0 Å². The summed E-state index contributed by atoms with van der Waals surface area (Å²) in [5.41, 5.74) is 11.2. The Kier molecular flexibility index (Phi) is 3.28. The van der Waals surface area contributed by atoms with Crippen LogP contribution in [0.1, 0.15) is 39.1 Å². The largest absolute Gasteiger partial charge is 0.220 e. The third-order valence-corrected chi connectivity index (χ3v) is 5.99. The molecule has 114 valence electrons.